The summed E-state index contributed by atoms with van der Waals surface area (Å²) in [6.07, 6.45) is 3.67. The van der Waals surface area contributed by atoms with E-state index < -0.39 is 5.91 Å². The van der Waals surface area contributed by atoms with Crippen molar-refractivity contribution in [2.75, 3.05) is 23.8 Å². The fourth-order valence-corrected chi connectivity index (χ4v) is 4.34. The summed E-state index contributed by atoms with van der Waals surface area (Å²) in [7, 11) is 2.01. The first kappa shape index (κ1) is 20.9. The Balaban J connectivity index is 1.64. The van der Waals surface area contributed by atoms with Gasteiger partial charge in [-0.15, -0.1) is 0 Å². The Morgan fingerprint density at radius 2 is 2.06 bits per heavy atom. The van der Waals surface area contributed by atoms with E-state index in [-0.39, 0.29) is 5.82 Å². The molecule has 0 unspecified atom stereocenters. The van der Waals surface area contributed by atoms with Gasteiger partial charge >= 0.3 is 0 Å². The number of aromatic nitrogens is 4. The van der Waals surface area contributed by atoms with Crippen molar-refractivity contribution in [2.24, 2.45) is 5.73 Å². The Bertz CT molecular complexity index is 1380. The molecule has 1 aliphatic heterocycles. The molecule has 8 nitrogen and oxygen atoms in total. The third-order valence-corrected chi connectivity index (χ3v) is 5.92. The van der Waals surface area contributed by atoms with Crippen molar-refractivity contribution in [3.05, 3.63) is 70.8 Å². The van der Waals surface area contributed by atoms with Gasteiger partial charge in [0.2, 0.25) is 0 Å². The van der Waals surface area contributed by atoms with Crippen LogP contribution in [0.5, 0.6) is 0 Å². The topological polar surface area (TPSA) is 101 Å². The largest absolute Gasteiger partial charge is 0.366 e. The van der Waals surface area contributed by atoms with Crippen LogP contribution in [0.25, 0.3) is 17.2 Å². The standard InChI is InChI=1S/C24H24FN7O/c1-14-19(32-11-5-8-17(20(26)33)24(32)28-14)22-29-21(18-9-4-10-31(2)23(18)30-22)27-13-15-6-3-7-16(25)12-15/h3,5-8,11-12H,4,9-10,13H2,1-2H3,(H2,26,33)(H,27,29,30). The molecule has 0 bridgehead atoms. The van der Waals surface area contributed by atoms with Gasteiger partial charge < -0.3 is 16.0 Å². The maximum atomic E-state index is 13.6. The molecule has 0 saturated heterocycles. The highest BCUT2D eigenvalue weighted by atomic mass is 19.1. The van der Waals surface area contributed by atoms with Crippen LogP contribution in [0.4, 0.5) is 16.0 Å². The molecule has 0 radical (unpaired) electrons. The van der Waals surface area contributed by atoms with Crippen molar-refractivity contribution in [2.45, 2.75) is 26.3 Å². The van der Waals surface area contributed by atoms with Gasteiger partial charge in [-0.25, -0.2) is 19.3 Å². The normalized spacial score (nSPS) is 13.2. The summed E-state index contributed by atoms with van der Waals surface area (Å²) in [4.78, 5) is 28.4. The third kappa shape index (κ3) is 3.75. The highest BCUT2D eigenvalue weighted by Gasteiger charge is 2.25. The van der Waals surface area contributed by atoms with Gasteiger partial charge in [0.15, 0.2) is 5.82 Å². The van der Waals surface area contributed by atoms with E-state index in [0.717, 1.165) is 36.3 Å². The van der Waals surface area contributed by atoms with Gasteiger partial charge in [0.1, 0.15) is 28.8 Å². The van der Waals surface area contributed by atoms with E-state index in [0.29, 0.717) is 40.8 Å². The molecule has 3 N–H and O–H groups in total. The van der Waals surface area contributed by atoms with E-state index in [1.807, 2.05) is 26.2 Å². The summed E-state index contributed by atoms with van der Waals surface area (Å²) in [6.45, 7) is 3.19. The summed E-state index contributed by atoms with van der Waals surface area (Å²) in [5, 5.41) is 3.39. The molecular weight excluding hydrogens is 421 g/mol. The lowest BCUT2D eigenvalue weighted by Gasteiger charge is -2.28. The highest BCUT2D eigenvalue weighted by molar-refractivity contribution is 5.99. The number of benzene rings is 1. The lowest BCUT2D eigenvalue weighted by molar-refractivity contribution is 0.100. The van der Waals surface area contributed by atoms with Crippen LogP contribution in [0.1, 0.15) is 33.6 Å². The van der Waals surface area contributed by atoms with Crippen LogP contribution in [0, 0.1) is 12.7 Å². The molecule has 0 aliphatic carbocycles. The van der Waals surface area contributed by atoms with Crippen LogP contribution in [-0.2, 0) is 13.0 Å². The second-order valence-electron chi connectivity index (χ2n) is 8.23. The molecule has 1 aromatic carbocycles. The molecule has 5 rings (SSSR count). The van der Waals surface area contributed by atoms with E-state index in [4.69, 9.17) is 15.7 Å². The van der Waals surface area contributed by atoms with Gasteiger partial charge in [-0.2, -0.15) is 0 Å². The molecule has 1 amide bonds. The van der Waals surface area contributed by atoms with Gasteiger partial charge in [-0.1, -0.05) is 12.1 Å². The summed E-state index contributed by atoms with van der Waals surface area (Å²) in [6, 6.07) is 9.91. The summed E-state index contributed by atoms with van der Waals surface area (Å²) in [5.74, 6) is 1.25. The highest BCUT2D eigenvalue weighted by Crippen LogP contribution is 2.33. The number of aryl methyl sites for hydroxylation is 1. The molecule has 3 aromatic heterocycles. The Labute approximate surface area is 190 Å². The molecule has 168 valence electrons. The minimum absolute atomic E-state index is 0.272. The number of carbonyl (C=O) groups is 1. The van der Waals surface area contributed by atoms with Gasteiger partial charge in [0.25, 0.3) is 5.91 Å². The van der Waals surface area contributed by atoms with Crippen molar-refractivity contribution in [3.63, 3.8) is 0 Å². The van der Waals surface area contributed by atoms with E-state index in [1.165, 1.54) is 12.1 Å². The molecule has 33 heavy (non-hydrogen) atoms. The first-order valence-corrected chi connectivity index (χ1v) is 10.8. The first-order valence-electron chi connectivity index (χ1n) is 10.8. The number of fused-ring (bicyclic) bond motifs is 2. The molecule has 0 saturated carbocycles. The molecular formula is C24H24FN7O. The number of anilines is 2. The number of hydrogen-bond acceptors (Lipinski definition) is 6. The van der Waals surface area contributed by atoms with E-state index in [1.54, 1.807) is 22.6 Å². The zero-order valence-electron chi connectivity index (χ0n) is 18.5. The second kappa shape index (κ2) is 8.16. The van der Waals surface area contributed by atoms with Gasteiger partial charge in [-0.05, 0) is 49.6 Å². The number of amides is 1. The number of rotatable bonds is 5. The molecule has 9 heteroatoms. The fraction of sp³-hybridized carbons (Fsp3) is 0.250. The van der Waals surface area contributed by atoms with Crippen LogP contribution >= 0.6 is 0 Å². The van der Waals surface area contributed by atoms with Crippen molar-refractivity contribution in [3.8, 4) is 11.5 Å². The third-order valence-electron chi connectivity index (χ3n) is 5.92. The molecule has 0 fully saturated rings. The van der Waals surface area contributed by atoms with Gasteiger partial charge in [0, 0.05) is 31.9 Å². The second-order valence-corrected chi connectivity index (χ2v) is 8.23. The quantitative estimate of drug-likeness (QED) is 0.489. The first-order chi connectivity index (χ1) is 15.9. The van der Waals surface area contributed by atoms with Crippen molar-refractivity contribution >= 4 is 23.2 Å². The van der Waals surface area contributed by atoms with Crippen LogP contribution in [0.15, 0.2) is 42.6 Å². The number of nitrogens with two attached hydrogens (primary N) is 1. The number of pyridine rings is 1. The summed E-state index contributed by atoms with van der Waals surface area (Å²) < 4.78 is 15.4. The van der Waals surface area contributed by atoms with Crippen LogP contribution in [0.3, 0.4) is 0 Å². The van der Waals surface area contributed by atoms with E-state index in [2.05, 4.69) is 15.2 Å². The average molecular weight is 446 g/mol. The number of hydrogen-bond donors (Lipinski definition) is 2. The average Bonchev–Trinajstić information content (AvgIpc) is 3.13. The smallest absolute Gasteiger partial charge is 0.252 e. The summed E-state index contributed by atoms with van der Waals surface area (Å²) >= 11 is 0. The Kier molecular flexibility index (Phi) is 5.16. The molecule has 1 aliphatic rings. The maximum absolute atomic E-state index is 13.6. The molecule has 0 spiro atoms. The zero-order valence-corrected chi connectivity index (χ0v) is 18.5. The molecule has 4 aromatic rings. The predicted molar refractivity (Wildman–Crippen MR) is 125 cm³/mol. The molecule has 0 atom stereocenters. The number of nitrogens with one attached hydrogen (secondary N) is 1. The van der Waals surface area contributed by atoms with Crippen LogP contribution < -0.4 is 16.0 Å². The Hall–Kier alpha value is -4.01. The van der Waals surface area contributed by atoms with Crippen LogP contribution in [0.2, 0.25) is 0 Å². The fourth-order valence-electron chi connectivity index (χ4n) is 4.34. The minimum Gasteiger partial charge on any atom is -0.366 e. The van der Waals surface area contributed by atoms with E-state index in [9.17, 15) is 9.18 Å². The number of nitrogens with zero attached hydrogens (tertiary/aromatic N) is 5. The lowest BCUT2D eigenvalue weighted by Crippen LogP contribution is -2.27. The van der Waals surface area contributed by atoms with Crippen LogP contribution in [-0.4, -0.2) is 38.9 Å². The Morgan fingerprint density at radius 1 is 1.21 bits per heavy atom. The Morgan fingerprint density at radius 3 is 2.85 bits per heavy atom. The lowest BCUT2D eigenvalue weighted by atomic mass is 10.1. The van der Waals surface area contributed by atoms with Gasteiger partial charge in [0.05, 0.1) is 11.3 Å². The van der Waals surface area contributed by atoms with Crippen molar-refractivity contribution < 1.29 is 9.18 Å². The summed E-state index contributed by atoms with van der Waals surface area (Å²) in [5.41, 5.74) is 9.61. The maximum Gasteiger partial charge on any atom is 0.252 e. The van der Waals surface area contributed by atoms with Gasteiger partial charge in [-0.3, -0.25) is 9.20 Å². The SMILES string of the molecule is Cc1nc2c(C(N)=O)cccn2c1-c1nc(NCc2cccc(F)c2)c2c(n1)N(C)CCC2. The number of imidazole rings is 1. The number of carbonyl (C=O) groups excluding carboxylic acids is 1. The monoisotopic (exact) mass is 445 g/mol. The minimum atomic E-state index is -0.541. The zero-order chi connectivity index (χ0) is 23.1. The van der Waals surface area contributed by atoms with Crippen molar-refractivity contribution in [1.29, 1.82) is 0 Å². The van der Waals surface area contributed by atoms with E-state index >= 15 is 0 Å². The number of primary amides is 1. The number of halogens is 1. The predicted octanol–water partition coefficient (Wildman–Crippen LogP) is 3.33. The van der Waals surface area contributed by atoms with Crippen molar-refractivity contribution in [1.82, 2.24) is 19.4 Å². The molecule has 4 heterocycles.